The molecule has 4 heteroatoms. The van der Waals surface area contributed by atoms with E-state index in [0.29, 0.717) is 6.04 Å². The van der Waals surface area contributed by atoms with Gasteiger partial charge >= 0.3 is 0 Å². The molecule has 2 heterocycles. The van der Waals surface area contributed by atoms with Crippen LogP contribution in [0, 0.1) is 0 Å². The van der Waals surface area contributed by atoms with Crippen LogP contribution in [0.2, 0.25) is 0 Å². The Morgan fingerprint density at radius 3 is 2.94 bits per heavy atom. The van der Waals surface area contributed by atoms with Gasteiger partial charge in [0.25, 0.3) is 0 Å². The first-order valence-electron chi connectivity index (χ1n) is 6.69. The van der Waals surface area contributed by atoms with Crippen LogP contribution in [0.5, 0.6) is 0 Å². The molecule has 1 aliphatic heterocycles. The SMILES string of the molecule is CC1CC(NCc2cnn(C)c2)CN1C1CC1. The zero-order valence-electron chi connectivity index (χ0n) is 10.8. The minimum Gasteiger partial charge on any atom is -0.308 e. The lowest BCUT2D eigenvalue weighted by Crippen LogP contribution is -2.33. The van der Waals surface area contributed by atoms with Crippen molar-refractivity contribution in [2.24, 2.45) is 7.05 Å². The first-order chi connectivity index (χ1) is 8.22. The van der Waals surface area contributed by atoms with Crippen LogP contribution in [0.15, 0.2) is 12.4 Å². The molecule has 4 nitrogen and oxygen atoms in total. The molecule has 2 fully saturated rings. The third kappa shape index (κ3) is 2.53. The zero-order chi connectivity index (χ0) is 11.8. The van der Waals surface area contributed by atoms with Crippen molar-refractivity contribution in [2.75, 3.05) is 6.54 Å². The summed E-state index contributed by atoms with van der Waals surface area (Å²) in [6.07, 6.45) is 8.16. The van der Waals surface area contributed by atoms with E-state index in [2.05, 4.69) is 28.4 Å². The van der Waals surface area contributed by atoms with Crippen molar-refractivity contribution in [1.82, 2.24) is 20.0 Å². The maximum atomic E-state index is 4.20. The second-order valence-electron chi connectivity index (χ2n) is 5.61. The number of hydrogen-bond acceptors (Lipinski definition) is 3. The fourth-order valence-corrected chi connectivity index (χ4v) is 2.94. The van der Waals surface area contributed by atoms with Gasteiger partial charge in [-0.15, -0.1) is 0 Å². The van der Waals surface area contributed by atoms with Crippen LogP contribution in [-0.4, -0.2) is 39.4 Å². The van der Waals surface area contributed by atoms with Crippen LogP contribution >= 0.6 is 0 Å². The molecule has 1 saturated carbocycles. The fourth-order valence-electron chi connectivity index (χ4n) is 2.94. The van der Waals surface area contributed by atoms with Crippen molar-refractivity contribution in [2.45, 2.75) is 50.9 Å². The van der Waals surface area contributed by atoms with Gasteiger partial charge in [-0.05, 0) is 26.2 Å². The molecule has 1 aromatic heterocycles. The first-order valence-corrected chi connectivity index (χ1v) is 6.69. The summed E-state index contributed by atoms with van der Waals surface area (Å²) in [5, 5.41) is 7.86. The second-order valence-corrected chi connectivity index (χ2v) is 5.61. The first kappa shape index (κ1) is 11.2. The van der Waals surface area contributed by atoms with Crippen LogP contribution in [0.1, 0.15) is 31.7 Å². The average Bonchev–Trinajstić information content (AvgIpc) is 2.95. The lowest BCUT2D eigenvalue weighted by atomic mass is 10.2. The Kier molecular flexibility index (Phi) is 2.92. The fraction of sp³-hybridized carbons (Fsp3) is 0.769. The van der Waals surface area contributed by atoms with Crippen molar-refractivity contribution < 1.29 is 0 Å². The quantitative estimate of drug-likeness (QED) is 0.848. The molecular formula is C13H22N4. The number of aromatic nitrogens is 2. The van der Waals surface area contributed by atoms with Gasteiger partial charge in [-0.3, -0.25) is 9.58 Å². The molecule has 2 atom stereocenters. The van der Waals surface area contributed by atoms with Gasteiger partial charge < -0.3 is 5.32 Å². The van der Waals surface area contributed by atoms with Crippen LogP contribution in [0.3, 0.4) is 0 Å². The molecule has 0 bridgehead atoms. The third-order valence-electron chi connectivity index (χ3n) is 3.99. The minimum absolute atomic E-state index is 0.658. The number of rotatable bonds is 4. The molecule has 2 unspecified atom stereocenters. The highest BCUT2D eigenvalue weighted by Crippen LogP contribution is 2.33. The van der Waals surface area contributed by atoms with Crippen LogP contribution in [-0.2, 0) is 13.6 Å². The van der Waals surface area contributed by atoms with E-state index >= 15 is 0 Å². The van der Waals surface area contributed by atoms with Gasteiger partial charge in [-0.25, -0.2) is 0 Å². The molecule has 17 heavy (non-hydrogen) atoms. The minimum atomic E-state index is 0.658. The number of aryl methyl sites for hydroxylation is 1. The summed E-state index contributed by atoms with van der Waals surface area (Å²) in [5.41, 5.74) is 1.28. The van der Waals surface area contributed by atoms with Gasteiger partial charge in [0.2, 0.25) is 0 Å². The van der Waals surface area contributed by atoms with Gasteiger partial charge in [-0.2, -0.15) is 5.10 Å². The highest BCUT2D eigenvalue weighted by Gasteiger charge is 2.38. The van der Waals surface area contributed by atoms with E-state index in [4.69, 9.17) is 0 Å². The summed E-state index contributed by atoms with van der Waals surface area (Å²) in [4.78, 5) is 2.68. The predicted octanol–water partition coefficient (Wildman–Crippen LogP) is 1.13. The number of likely N-dealkylation sites (tertiary alicyclic amines) is 1. The van der Waals surface area contributed by atoms with E-state index in [9.17, 15) is 0 Å². The topological polar surface area (TPSA) is 33.1 Å². The smallest absolute Gasteiger partial charge is 0.0534 e. The van der Waals surface area contributed by atoms with Crippen LogP contribution < -0.4 is 5.32 Å². The molecule has 0 aromatic carbocycles. The summed E-state index contributed by atoms with van der Waals surface area (Å²) < 4.78 is 1.87. The van der Waals surface area contributed by atoms with Gasteiger partial charge in [0.05, 0.1) is 6.20 Å². The lowest BCUT2D eigenvalue weighted by Gasteiger charge is -2.19. The molecule has 2 aliphatic rings. The van der Waals surface area contributed by atoms with Crippen LogP contribution in [0.25, 0.3) is 0 Å². The second kappa shape index (κ2) is 4.42. The molecule has 1 N–H and O–H groups in total. The summed E-state index contributed by atoms with van der Waals surface area (Å²) in [7, 11) is 1.97. The van der Waals surface area contributed by atoms with E-state index in [1.807, 2.05) is 17.9 Å². The van der Waals surface area contributed by atoms with Crippen molar-refractivity contribution >= 4 is 0 Å². The lowest BCUT2D eigenvalue weighted by molar-refractivity contribution is 0.255. The van der Waals surface area contributed by atoms with E-state index in [1.54, 1.807) is 0 Å². The normalized spacial score (nSPS) is 30.0. The van der Waals surface area contributed by atoms with E-state index in [0.717, 1.165) is 18.6 Å². The Hall–Kier alpha value is -0.870. The number of nitrogens with one attached hydrogen (secondary N) is 1. The molecule has 0 spiro atoms. The molecule has 94 valence electrons. The maximum absolute atomic E-state index is 4.20. The Balaban J connectivity index is 1.49. The Morgan fingerprint density at radius 1 is 1.47 bits per heavy atom. The van der Waals surface area contributed by atoms with Gasteiger partial charge in [-0.1, -0.05) is 0 Å². The average molecular weight is 234 g/mol. The van der Waals surface area contributed by atoms with E-state index < -0.39 is 0 Å². The van der Waals surface area contributed by atoms with E-state index in [-0.39, 0.29) is 0 Å². The molecule has 1 aliphatic carbocycles. The molecule has 0 radical (unpaired) electrons. The third-order valence-corrected chi connectivity index (χ3v) is 3.99. The van der Waals surface area contributed by atoms with Gasteiger partial charge in [0.15, 0.2) is 0 Å². The maximum Gasteiger partial charge on any atom is 0.0534 e. The highest BCUT2D eigenvalue weighted by atomic mass is 15.3. The van der Waals surface area contributed by atoms with E-state index in [1.165, 1.54) is 31.4 Å². The highest BCUT2D eigenvalue weighted by molar-refractivity contribution is 5.04. The molecule has 0 amide bonds. The monoisotopic (exact) mass is 234 g/mol. The Morgan fingerprint density at radius 2 is 2.29 bits per heavy atom. The molecular weight excluding hydrogens is 212 g/mol. The van der Waals surface area contributed by atoms with Crippen molar-refractivity contribution in [1.29, 1.82) is 0 Å². The van der Waals surface area contributed by atoms with Gasteiger partial charge in [0, 0.05) is 50.0 Å². The Labute approximate surface area is 103 Å². The zero-order valence-corrected chi connectivity index (χ0v) is 10.8. The van der Waals surface area contributed by atoms with Crippen molar-refractivity contribution in [3.05, 3.63) is 18.0 Å². The van der Waals surface area contributed by atoms with Crippen molar-refractivity contribution in [3.8, 4) is 0 Å². The van der Waals surface area contributed by atoms with Gasteiger partial charge in [0.1, 0.15) is 0 Å². The molecule has 1 aromatic rings. The molecule has 1 saturated heterocycles. The largest absolute Gasteiger partial charge is 0.308 e. The summed E-state index contributed by atoms with van der Waals surface area (Å²) in [6, 6.07) is 2.31. The van der Waals surface area contributed by atoms with Crippen LogP contribution in [0.4, 0.5) is 0 Å². The van der Waals surface area contributed by atoms with Crippen molar-refractivity contribution in [3.63, 3.8) is 0 Å². The summed E-state index contributed by atoms with van der Waals surface area (Å²) in [6.45, 7) is 4.54. The molecule has 3 rings (SSSR count). The Bertz CT molecular complexity index is 383. The number of nitrogens with zero attached hydrogens (tertiary/aromatic N) is 3. The predicted molar refractivity (Wildman–Crippen MR) is 67.6 cm³/mol. The number of hydrogen-bond donors (Lipinski definition) is 1. The summed E-state index contributed by atoms with van der Waals surface area (Å²) in [5.74, 6) is 0. The standard InChI is InChI=1S/C13H22N4/c1-10-5-12(9-17(10)13-3-4-13)14-6-11-7-15-16(2)8-11/h7-8,10,12-14H,3-6,9H2,1-2H3. The summed E-state index contributed by atoms with van der Waals surface area (Å²) >= 11 is 0.